The fourth-order valence-electron chi connectivity index (χ4n) is 3.00. The molecule has 0 fully saturated rings. The molecular formula is C23H17FN2O3. The van der Waals surface area contributed by atoms with Gasteiger partial charge >= 0.3 is 5.97 Å². The van der Waals surface area contributed by atoms with Gasteiger partial charge < -0.3 is 9.47 Å². The van der Waals surface area contributed by atoms with Crippen LogP contribution in [0.5, 0.6) is 11.5 Å². The van der Waals surface area contributed by atoms with Gasteiger partial charge in [-0.1, -0.05) is 48.5 Å². The van der Waals surface area contributed by atoms with Crippen LogP contribution in [0, 0.1) is 5.95 Å². The zero-order chi connectivity index (χ0) is 20.2. The van der Waals surface area contributed by atoms with Crippen molar-refractivity contribution in [3.63, 3.8) is 0 Å². The Morgan fingerprint density at radius 1 is 0.931 bits per heavy atom. The molecule has 0 atom stereocenters. The van der Waals surface area contributed by atoms with Crippen molar-refractivity contribution in [1.29, 1.82) is 0 Å². The molecule has 0 amide bonds. The molecule has 1 N–H and O–H groups in total. The molecule has 0 saturated carbocycles. The van der Waals surface area contributed by atoms with E-state index in [9.17, 15) is 9.18 Å². The molecule has 0 aliphatic heterocycles. The van der Waals surface area contributed by atoms with Gasteiger partial charge in [-0.25, -0.2) is 4.79 Å². The van der Waals surface area contributed by atoms with Crippen molar-refractivity contribution in [2.75, 3.05) is 7.11 Å². The van der Waals surface area contributed by atoms with E-state index in [0.29, 0.717) is 17.1 Å². The zero-order valence-electron chi connectivity index (χ0n) is 15.6. The average Bonchev–Trinajstić information content (AvgIpc) is 3.20. The van der Waals surface area contributed by atoms with E-state index in [4.69, 9.17) is 9.47 Å². The minimum Gasteiger partial charge on any atom is -0.465 e. The lowest BCUT2D eigenvalue weighted by Gasteiger charge is -2.12. The van der Waals surface area contributed by atoms with Gasteiger partial charge in [0.05, 0.1) is 18.9 Å². The Morgan fingerprint density at radius 3 is 2.28 bits per heavy atom. The summed E-state index contributed by atoms with van der Waals surface area (Å²) in [6, 6.07) is 22.3. The van der Waals surface area contributed by atoms with Crippen molar-refractivity contribution in [3.8, 4) is 33.8 Å². The molecule has 1 heterocycles. The van der Waals surface area contributed by atoms with E-state index in [1.807, 2.05) is 54.6 Å². The van der Waals surface area contributed by atoms with Crippen LogP contribution in [0.3, 0.4) is 0 Å². The Balaban J connectivity index is 1.64. The summed E-state index contributed by atoms with van der Waals surface area (Å²) in [7, 11) is 1.28. The van der Waals surface area contributed by atoms with E-state index < -0.39 is 11.9 Å². The van der Waals surface area contributed by atoms with E-state index in [1.54, 1.807) is 12.1 Å². The molecule has 6 heteroatoms. The summed E-state index contributed by atoms with van der Waals surface area (Å²) < 4.78 is 24.6. The van der Waals surface area contributed by atoms with Gasteiger partial charge in [-0.2, -0.15) is 9.49 Å². The van der Waals surface area contributed by atoms with Crippen molar-refractivity contribution in [2.45, 2.75) is 0 Å². The number of methoxy groups -OCH3 is 1. The Bertz CT molecular complexity index is 1140. The lowest BCUT2D eigenvalue weighted by molar-refractivity contribution is 0.0598. The van der Waals surface area contributed by atoms with Crippen LogP contribution in [0.1, 0.15) is 10.4 Å². The molecule has 3 aromatic carbocycles. The highest BCUT2D eigenvalue weighted by Gasteiger charge is 2.17. The topological polar surface area (TPSA) is 64.2 Å². The van der Waals surface area contributed by atoms with Gasteiger partial charge in [0.25, 0.3) is 0 Å². The second kappa shape index (κ2) is 7.98. The number of nitrogens with zero attached hydrogens (tertiary/aromatic N) is 1. The third kappa shape index (κ3) is 3.87. The van der Waals surface area contributed by atoms with Crippen molar-refractivity contribution >= 4 is 5.97 Å². The number of halogens is 1. The first-order valence-corrected chi connectivity index (χ1v) is 8.90. The molecule has 0 bridgehead atoms. The number of H-pyrrole nitrogens is 1. The zero-order valence-corrected chi connectivity index (χ0v) is 15.6. The first-order valence-electron chi connectivity index (χ1n) is 8.90. The molecule has 0 saturated heterocycles. The fraction of sp³-hybridized carbons (Fsp3) is 0.0435. The summed E-state index contributed by atoms with van der Waals surface area (Å²) >= 11 is 0. The van der Waals surface area contributed by atoms with Crippen LogP contribution in [0.4, 0.5) is 4.39 Å². The van der Waals surface area contributed by atoms with Crippen molar-refractivity contribution < 1.29 is 18.7 Å². The summed E-state index contributed by atoms with van der Waals surface area (Å²) in [5.74, 6) is -0.272. The van der Waals surface area contributed by atoms with Crippen LogP contribution in [0.25, 0.3) is 22.3 Å². The van der Waals surface area contributed by atoms with E-state index in [2.05, 4.69) is 10.2 Å². The van der Waals surface area contributed by atoms with Crippen molar-refractivity contribution in [1.82, 2.24) is 10.2 Å². The highest BCUT2D eigenvalue weighted by atomic mass is 19.1. The van der Waals surface area contributed by atoms with Gasteiger partial charge in [0.2, 0.25) is 5.95 Å². The number of esters is 1. The molecule has 0 aliphatic carbocycles. The number of hydrogen-bond donors (Lipinski definition) is 1. The second-order valence-corrected chi connectivity index (χ2v) is 6.29. The molecule has 144 valence electrons. The van der Waals surface area contributed by atoms with Crippen molar-refractivity contribution in [2.24, 2.45) is 0 Å². The number of nitrogens with one attached hydrogen (secondary N) is 1. The Hall–Kier alpha value is -3.93. The standard InChI is InChI=1S/C23H17FN2O3/c1-28-23(27)19-13-17(20-14-25-26-22(20)24)9-12-21(19)29-18-10-7-16(8-11-18)15-5-3-2-4-6-15/h2-14H,1H3,(H,25,26). The van der Waals surface area contributed by atoms with Crippen LogP contribution in [-0.2, 0) is 4.74 Å². The molecule has 0 unspecified atom stereocenters. The molecule has 4 rings (SSSR count). The van der Waals surface area contributed by atoms with Gasteiger partial charge in [0.1, 0.15) is 17.1 Å². The minimum atomic E-state index is -0.578. The van der Waals surface area contributed by atoms with E-state index in [1.165, 1.54) is 19.4 Å². The predicted molar refractivity (Wildman–Crippen MR) is 107 cm³/mol. The maximum absolute atomic E-state index is 13.8. The third-order valence-corrected chi connectivity index (χ3v) is 4.48. The number of aromatic amines is 1. The van der Waals surface area contributed by atoms with Gasteiger partial charge in [-0.3, -0.25) is 5.10 Å². The van der Waals surface area contributed by atoms with Crippen molar-refractivity contribution in [3.05, 3.63) is 90.5 Å². The monoisotopic (exact) mass is 388 g/mol. The molecule has 29 heavy (non-hydrogen) atoms. The van der Waals surface area contributed by atoms with E-state index in [-0.39, 0.29) is 11.1 Å². The number of carbonyl (C=O) groups is 1. The van der Waals surface area contributed by atoms with Crippen LogP contribution >= 0.6 is 0 Å². The minimum absolute atomic E-state index is 0.192. The molecule has 0 spiro atoms. The molecule has 0 aliphatic rings. The number of hydrogen-bond acceptors (Lipinski definition) is 4. The van der Waals surface area contributed by atoms with Crippen LogP contribution in [0.15, 0.2) is 79.0 Å². The van der Waals surface area contributed by atoms with E-state index >= 15 is 0 Å². The van der Waals surface area contributed by atoms with E-state index in [0.717, 1.165) is 11.1 Å². The first-order chi connectivity index (χ1) is 14.2. The van der Waals surface area contributed by atoms with Crippen LogP contribution < -0.4 is 4.74 Å². The quantitative estimate of drug-likeness (QED) is 0.461. The summed E-state index contributed by atoms with van der Waals surface area (Å²) in [5.41, 5.74) is 3.09. The van der Waals surface area contributed by atoms with Gasteiger partial charge in [0.15, 0.2) is 0 Å². The smallest absolute Gasteiger partial charge is 0.341 e. The van der Waals surface area contributed by atoms with Gasteiger partial charge in [0, 0.05) is 0 Å². The normalized spacial score (nSPS) is 10.6. The number of ether oxygens (including phenoxy) is 2. The first kappa shape index (κ1) is 18.4. The SMILES string of the molecule is COC(=O)c1cc(-c2cn[nH]c2F)ccc1Oc1ccc(-c2ccccc2)cc1. The average molecular weight is 388 g/mol. The maximum atomic E-state index is 13.8. The largest absolute Gasteiger partial charge is 0.465 e. The van der Waals surface area contributed by atoms with Crippen LogP contribution in [-0.4, -0.2) is 23.3 Å². The summed E-state index contributed by atoms with van der Waals surface area (Å²) in [5, 5.41) is 5.91. The summed E-state index contributed by atoms with van der Waals surface area (Å²) in [6.07, 6.45) is 1.36. The molecule has 0 radical (unpaired) electrons. The predicted octanol–water partition coefficient (Wildman–Crippen LogP) is 5.46. The Morgan fingerprint density at radius 2 is 1.62 bits per heavy atom. The number of carbonyl (C=O) groups excluding carboxylic acids is 1. The number of rotatable bonds is 5. The molecule has 5 nitrogen and oxygen atoms in total. The summed E-state index contributed by atoms with van der Waals surface area (Å²) in [6.45, 7) is 0. The molecule has 4 aromatic rings. The van der Waals surface area contributed by atoms with Gasteiger partial charge in [-0.15, -0.1) is 0 Å². The molecule has 1 aromatic heterocycles. The van der Waals surface area contributed by atoms with Gasteiger partial charge in [-0.05, 0) is 41.0 Å². The fourth-order valence-corrected chi connectivity index (χ4v) is 3.00. The Kier molecular flexibility index (Phi) is 5.07. The summed E-state index contributed by atoms with van der Waals surface area (Å²) in [4.78, 5) is 12.3. The number of aromatic nitrogens is 2. The maximum Gasteiger partial charge on any atom is 0.341 e. The lowest BCUT2D eigenvalue weighted by Crippen LogP contribution is -2.04. The lowest BCUT2D eigenvalue weighted by atomic mass is 10.0. The second-order valence-electron chi connectivity index (χ2n) is 6.29. The highest BCUT2D eigenvalue weighted by molar-refractivity contribution is 5.94. The Labute approximate surface area is 166 Å². The molecular weight excluding hydrogens is 371 g/mol. The van der Waals surface area contributed by atoms with Crippen LogP contribution in [0.2, 0.25) is 0 Å². The highest BCUT2D eigenvalue weighted by Crippen LogP contribution is 2.32. The number of benzene rings is 3. The third-order valence-electron chi connectivity index (χ3n) is 4.48.